The van der Waals surface area contributed by atoms with Crippen LogP contribution in [0.2, 0.25) is 0 Å². The highest BCUT2D eigenvalue weighted by Gasteiger charge is 2.27. The Morgan fingerprint density at radius 2 is 2.24 bits per heavy atom. The predicted molar refractivity (Wildman–Crippen MR) is 68.1 cm³/mol. The van der Waals surface area contributed by atoms with Gasteiger partial charge in [-0.15, -0.1) is 0 Å². The lowest BCUT2D eigenvalue weighted by Crippen LogP contribution is -2.30. The third-order valence-electron chi connectivity index (χ3n) is 3.82. The summed E-state index contributed by atoms with van der Waals surface area (Å²) < 4.78 is 0. The average molecular weight is 233 g/mol. The lowest BCUT2D eigenvalue weighted by molar-refractivity contribution is 0.616. The van der Waals surface area contributed by atoms with Crippen LogP contribution in [0.3, 0.4) is 0 Å². The molecule has 1 saturated heterocycles. The maximum Gasteiger partial charge on any atom is 0.222 e. The largest absolute Gasteiger partial charge is 0.368 e. The number of aryl methyl sites for hydroxylation is 1. The summed E-state index contributed by atoms with van der Waals surface area (Å²) in [6.45, 7) is 2.09. The van der Waals surface area contributed by atoms with Crippen molar-refractivity contribution in [2.24, 2.45) is 0 Å². The molecule has 5 nitrogen and oxygen atoms in total. The molecule has 0 aromatic carbocycles. The van der Waals surface area contributed by atoms with Crippen LogP contribution >= 0.6 is 0 Å². The Morgan fingerprint density at radius 1 is 1.35 bits per heavy atom. The van der Waals surface area contributed by atoms with E-state index < -0.39 is 0 Å². The van der Waals surface area contributed by atoms with Crippen LogP contribution in [0.25, 0.3) is 0 Å². The molecule has 1 aliphatic heterocycles. The number of anilines is 2. The van der Waals surface area contributed by atoms with E-state index in [1.807, 2.05) is 7.05 Å². The number of hydrogen-bond acceptors (Lipinski definition) is 5. The Labute approximate surface area is 101 Å². The van der Waals surface area contributed by atoms with Gasteiger partial charge in [0.1, 0.15) is 5.82 Å². The molecule has 0 saturated carbocycles. The fraction of sp³-hybridized carbons (Fsp3) is 0.667. The molecule has 0 amide bonds. The molecular formula is C12H19N5. The number of nitrogens with zero attached hydrogens (tertiary/aromatic N) is 3. The standard InChI is InChI=1S/C12H19N5/c1-14-8-5-6-17(7-8)11-9-3-2-4-10(9)15-12(13)16-11/h8,14H,2-7H2,1H3,(H2,13,15,16). The van der Waals surface area contributed by atoms with Gasteiger partial charge in [-0.3, -0.25) is 0 Å². The highest BCUT2D eigenvalue weighted by Crippen LogP contribution is 2.31. The summed E-state index contributed by atoms with van der Waals surface area (Å²) in [6.07, 6.45) is 4.52. The smallest absolute Gasteiger partial charge is 0.222 e. The number of nitrogens with one attached hydrogen (secondary N) is 1. The Balaban J connectivity index is 1.93. The van der Waals surface area contributed by atoms with Crippen molar-refractivity contribution in [3.63, 3.8) is 0 Å². The van der Waals surface area contributed by atoms with E-state index in [0.29, 0.717) is 12.0 Å². The lowest BCUT2D eigenvalue weighted by atomic mass is 10.2. The number of nitrogen functional groups attached to an aromatic ring is 1. The third-order valence-corrected chi connectivity index (χ3v) is 3.82. The number of fused-ring (bicyclic) bond motifs is 1. The normalized spacial score (nSPS) is 23.1. The monoisotopic (exact) mass is 233 g/mol. The predicted octanol–water partition coefficient (Wildman–Crippen LogP) is 0.346. The van der Waals surface area contributed by atoms with Crippen molar-refractivity contribution in [3.8, 4) is 0 Å². The first-order valence-electron chi connectivity index (χ1n) is 6.35. The van der Waals surface area contributed by atoms with Gasteiger partial charge in [0.2, 0.25) is 5.95 Å². The maximum absolute atomic E-state index is 5.80. The van der Waals surface area contributed by atoms with Crippen LogP contribution < -0.4 is 16.0 Å². The zero-order chi connectivity index (χ0) is 11.8. The molecule has 3 N–H and O–H groups in total. The van der Waals surface area contributed by atoms with Crippen LogP contribution in [0.15, 0.2) is 0 Å². The van der Waals surface area contributed by atoms with Crippen LogP contribution in [-0.2, 0) is 12.8 Å². The summed E-state index contributed by atoms with van der Waals surface area (Å²) in [7, 11) is 2.02. The summed E-state index contributed by atoms with van der Waals surface area (Å²) in [4.78, 5) is 11.2. The van der Waals surface area contributed by atoms with Gasteiger partial charge >= 0.3 is 0 Å². The average Bonchev–Trinajstić information content (AvgIpc) is 2.95. The number of nitrogens with two attached hydrogens (primary N) is 1. The number of likely N-dealkylation sites (N-methyl/N-ethyl adjacent to an activating group) is 1. The van der Waals surface area contributed by atoms with Crippen LogP contribution in [0.5, 0.6) is 0 Å². The minimum Gasteiger partial charge on any atom is -0.368 e. The van der Waals surface area contributed by atoms with E-state index in [1.54, 1.807) is 0 Å². The van der Waals surface area contributed by atoms with Gasteiger partial charge in [-0.05, 0) is 32.7 Å². The van der Waals surface area contributed by atoms with E-state index in [4.69, 9.17) is 5.73 Å². The molecule has 17 heavy (non-hydrogen) atoms. The van der Waals surface area contributed by atoms with E-state index in [-0.39, 0.29) is 0 Å². The summed E-state index contributed by atoms with van der Waals surface area (Å²) >= 11 is 0. The van der Waals surface area contributed by atoms with Gasteiger partial charge in [0.15, 0.2) is 0 Å². The highest BCUT2D eigenvalue weighted by molar-refractivity contribution is 5.54. The van der Waals surface area contributed by atoms with E-state index in [9.17, 15) is 0 Å². The molecule has 1 aromatic rings. The molecule has 5 heteroatoms. The lowest BCUT2D eigenvalue weighted by Gasteiger charge is -2.20. The van der Waals surface area contributed by atoms with Crippen molar-refractivity contribution >= 4 is 11.8 Å². The minimum atomic E-state index is 0.425. The summed E-state index contributed by atoms with van der Waals surface area (Å²) in [5.41, 5.74) is 8.30. The van der Waals surface area contributed by atoms with Gasteiger partial charge in [-0.1, -0.05) is 0 Å². The van der Waals surface area contributed by atoms with Crippen LogP contribution in [-0.4, -0.2) is 36.1 Å². The molecule has 92 valence electrons. The Kier molecular flexibility index (Phi) is 2.63. The van der Waals surface area contributed by atoms with E-state index in [2.05, 4.69) is 20.2 Å². The summed E-state index contributed by atoms with van der Waals surface area (Å²) in [6, 6.07) is 0.572. The van der Waals surface area contributed by atoms with Gasteiger partial charge in [-0.25, -0.2) is 4.98 Å². The van der Waals surface area contributed by atoms with Crippen LogP contribution in [0.1, 0.15) is 24.1 Å². The summed E-state index contributed by atoms with van der Waals surface area (Å²) in [5, 5.41) is 3.33. The number of hydrogen-bond donors (Lipinski definition) is 2. The van der Waals surface area contributed by atoms with E-state index in [0.717, 1.165) is 31.7 Å². The van der Waals surface area contributed by atoms with Gasteiger partial charge in [-0.2, -0.15) is 4.98 Å². The SMILES string of the molecule is CNC1CCN(c2nc(N)nc3c2CCC3)C1. The van der Waals surface area contributed by atoms with E-state index >= 15 is 0 Å². The topological polar surface area (TPSA) is 67.1 Å². The van der Waals surface area contributed by atoms with Gasteiger partial charge in [0, 0.05) is 24.7 Å². The second-order valence-electron chi connectivity index (χ2n) is 4.90. The zero-order valence-electron chi connectivity index (χ0n) is 10.2. The first-order valence-corrected chi connectivity index (χ1v) is 6.35. The molecule has 0 bridgehead atoms. The highest BCUT2D eigenvalue weighted by atomic mass is 15.2. The van der Waals surface area contributed by atoms with Crippen molar-refractivity contribution < 1.29 is 0 Å². The van der Waals surface area contributed by atoms with Crippen LogP contribution in [0.4, 0.5) is 11.8 Å². The molecule has 3 rings (SSSR count). The van der Waals surface area contributed by atoms with Crippen molar-refractivity contribution in [2.75, 3.05) is 30.8 Å². The second-order valence-corrected chi connectivity index (χ2v) is 4.90. The maximum atomic E-state index is 5.80. The molecule has 2 heterocycles. The Bertz CT molecular complexity index is 431. The molecule has 2 aliphatic rings. The van der Waals surface area contributed by atoms with Crippen molar-refractivity contribution in [3.05, 3.63) is 11.3 Å². The van der Waals surface area contributed by atoms with Crippen molar-refractivity contribution in [1.29, 1.82) is 0 Å². The van der Waals surface area contributed by atoms with E-state index in [1.165, 1.54) is 24.1 Å². The first kappa shape index (κ1) is 10.8. The molecule has 1 aliphatic carbocycles. The Hall–Kier alpha value is -1.36. The van der Waals surface area contributed by atoms with Crippen molar-refractivity contribution in [1.82, 2.24) is 15.3 Å². The fourth-order valence-electron chi connectivity index (χ4n) is 2.88. The molecule has 0 radical (unpaired) electrons. The molecule has 1 fully saturated rings. The summed E-state index contributed by atoms with van der Waals surface area (Å²) in [5.74, 6) is 1.51. The fourth-order valence-corrected chi connectivity index (χ4v) is 2.88. The quantitative estimate of drug-likeness (QED) is 0.771. The second kappa shape index (κ2) is 4.14. The zero-order valence-corrected chi connectivity index (χ0v) is 10.2. The minimum absolute atomic E-state index is 0.425. The van der Waals surface area contributed by atoms with Gasteiger partial charge in [0.25, 0.3) is 0 Å². The Morgan fingerprint density at radius 3 is 3.00 bits per heavy atom. The number of aromatic nitrogens is 2. The number of rotatable bonds is 2. The van der Waals surface area contributed by atoms with Crippen molar-refractivity contribution in [2.45, 2.75) is 31.7 Å². The molecule has 0 spiro atoms. The molecule has 1 unspecified atom stereocenters. The molecule has 1 aromatic heterocycles. The van der Waals surface area contributed by atoms with Gasteiger partial charge in [0.05, 0.1) is 5.69 Å². The molecular weight excluding hydrogens is 214 g/mol. The van der Waals surface area contributed by atoms with Crippen LogP contribution in [0, 0.1) is 0 Å². The van der Waals surface area contributed by atoms with Gasteiger partial charge < -0.3 is 16.0 Å². The third kappa shape index (κ3) is 1.84. The molecule has 1 atom stereocenters. The first-order chi connectivity index (χ1) is 8.28.